The summed E-state index contributed by atoms with van der Waals surface area (Å²) in [5.41, 5.74) is 8.93. The van der Waals surface area contributed by atoms with Gasteiger partial charge in [-0.3, -0.25) is 0 Å². The Morgan fingerprint density at radius 3 is 3.00 bits per heavy atom. The Morgan fingerprint density at radius 1 is 1.41 bits per heavy atom. The average molecular weight is 234 g/mol. The van der Waals surface area contributed by atoms with Crippen molar-refractivity contribution in [3.63, 3.8) is 0 Å². The van der Waals surface area contributed by atoms with Gasteiger partial charge in [-0.2, -0.15) is 0 Å². The number of aryl methyl sites for hydroxylation is 1. The molecular weight excluding hydrogens is 212 g/mol. The van der Waals surface area contributed by atoms with E-state index in [0.717, 1.165) is 43.5 Å². The zero-order chi connectivity index (χ0) is 12.1. The van der Waals surface area contributed by atoms with Crippen LogP contribution >= 0.6 is 0 Å². The topological polar surface area (TPSA) is 47.3 Å². The van der Waals surface area contributed by atoms with Crippen molar-refractivity contribution in [1.29, 1.82) is 0 Å². The lowest BCUT2D eigenvalue weighted by Gasteiger charge is -2.10. The highest BCUT2D eigenvalue weighted by Crippen LogP contribution is 2.28. The van der Waals surface area contributed by atoms with E-state index >= 15 is 0 Å². The third kappa shape index (κ3) is 4.27. The molecule has 1 saturated carbocycles. The molecule has 1 aromatic rings. The Labute approximate surface area is 103 Å². The van der Waals surface area contributed by atoms with Crippen molar-refractivity contribution in [2.75, 3.05) is 30.8 Å². The van der Waals surface area contributed by atoms with Gasteiger partial charge in [-0.25, -0.2) is 0 Å². The summed E-state index contributed by atoms with van der Waals surface area (Å²) in [6, 6.07) is 5.96. The summed E-state index contributed by atoms with van der Waals surface area (Å²) in [7, 11) is 0. The van der Waals surface area contributed by atoms with E-state index in [2.05, 4.69) is 12.2 Å². The predicted molar refractivity (Wildman–Crippen MR) is 72.2 cm³/mol. The maximum absolute atomic E-state index is 5.75. The van der Waals surface area contributed by atoms with Gasteiger partial charge in [0.05, 0.1) is 0 Å². The first-order valence-electron chi connectivity index (χ1n) is 6.43. The molecular formula is C14H22N2O. The molecule has 1 fully saturated rings. The van der Waals surface area contributed by atoms with Crippen LogP contribution in [0.15, 0.2) is 18.2 Å². The minimum absolute atomic E-state index is 0.808. The highest BCUT2D eigenvalue weighted by atomic mass is 16.5. The molecule has 0 amide bonds. The van der Waals surface area contributed by atoms with Gasteiger partial charge in [0, 0.05) is 31.1 Å². The number of benzene rings is 1. The van der Waals surface area contributed by atoms with E-state index in [-0.39, 0.29) is 0 Å². The van der Waals surface area contributed by atoms with E-state index in [1.807, 2.05) is 18.2 Å². The Hall–Kier alpha value is -1.22. The van der Waals surface area contributed by atoms with Gasteiger partial charge in [0.15, 0.2) is 0 Å². The molecule has 0 aromatic heterocycles. The molecule has 2 rings (SSSR count). The first-order chi connectivity index (χ1) is 8.25. The first kappa shape index (κ1) is 12.2. The maximum Gasteiger partial charge on any atom is 0.0494 e. The third-order valence-corrected chi connectivity index (χ3v) is 3.09. The Kier molecular flexibility index (Phi) is 4.26. The summed E-state index contributed by atoms with van der Waals surface area (Å²) in [6.07, 6.45) is 3.77. The van der Waals surface area contributed by atoms with E-state index in [4.69, 9.17) is 10.5 Å². The molecule has 3 nitrogen and oxygen atoms in total. The van der Waals surface area contributed by atoms with Crippen LogP contribution < -0.4 is 11.1 Å². The van der Waals surface area contributed by atoms with Crippen LogP contribution in [-0.2, 0) is 4.74 Å². The predicted octanol–water partition coefficient (Wildman–Crippen LogP) is 2.81. The lowest BCUT2D eigenvalue weighted by atomic mass is 10.2. The fourth-order valence-corrected chi connectivity index (χ4v) is 1.76. The average Bonchev–Trinajstić information content (AvgIpc) is 3.11. The standard InChI is InChI=1S/C14H22N2O/c1-11-3-6-13(15)9-14(11)16-7-2-8-17-10-12-4-5-12/h3,6,9,12,16H,2,4-5,7-8,10,15H2,1H3. The summed E-state index contributed by atoms with van der Waals surface area (Å²) in [6.45, 7) is 4.84. The van der Waals surface area contributed by atoms with Crippen LogP contribution in [0.4, 0.5) is 11.4 Å². The number of anilines is 2. The molecule has 0 unspecified atom stereocenters. The highest BCUT2D eigenvalue weighted by molar-refractivity contribution is 5.59. The fourth-order valence-electron chi connectivity index (χ4n) is 1.76. The number of nitrogen functional groups attached to an aromatic ring is 1. The summed E-state index contributed by atoms with van der Waals surface area (Å²) >= 11 is 0. The van der Waals surface area contributed by atoms with Crippen molar-refractivity contribution in [3.8, 4) is 0 Å². The van der Waals surface area contributed by atoms with Gasteiger partial charge in [0.25, 0.3) is 0 Å². The molecule has 94 valence electrons. The van der Waals surface area contributed by atoms with Crippen molar-refractivity contribution in [2.45, 2.75) is 26.2 Å². The zero-order valence-corrected chi connectivity index (χ0v) is 10.5. The Bertz CT molecular complexity index is 361. The first-order valence-corrected chi connectivity index (χ1v) is 6.43. The van der Waals surface area contributed by atoms with Crippen molar-refractivity contribution in [1.82, 2.24) is 0 Å². The van der Waals surface area contributed by atoms with Crippen LogP contribution in [0.25, 0.3) is 0 Å². The van der Waals surface area contributed by atoms with Crippen LogP contribution in [0, 0.1) is 12.8 Å². The third-order valence-electron chi connectivity index (χ3n) is 3.09. The smallest absolute Gasteiger partial charge is 0.0494 e. The molecule has 0 radical (unpaired) electrons. The summed E-state index contributed by atoms with van der Waals surface area (Å²) in [4.78, 5) is 0. The Balaban J connectivity index is 1.61. The summed E-state index contributed by atoms with van der Waals surface area (Å²) in [5, 5.41) is 3.40. The summed E-state index contributed by atoms with van der Waals surface area (Å²) in [5.74, 6) is 0.860. The normalized spacial score (nSPS) is 14.9. The molecule has 1 aliphatic rings. The molecule has 0 saturated heterocycles. The van der Waals surface area contributed by atoms with Crippen LogP contribution in [-0.4, -0.2) is 19.8 Å². The van der Waals surface area contributed by atoms with E-state index in [1.165, 1.54) is 18.4 Å². The second-order valence-corrected chi connectivity index (χ2v) is 4.87. The Morgan fingerprint density at radius 2 is 2.24 bits per heavy atom. The fraction of sp³-hybridized carbons (Fsp3) is 0.571. The minimum Gasteiger partial charge on any atom is -0.399 e. The minimum atomic E-state index is 0.808. The molecule has 0 spiro atoms. The second kappa shape index (κ2) is 5.92. The number of ether oxygens (including phenoxy) is 1. The van der Waals surface area contributed by atoms with Crippen LogP contribution in [0.3, 0.4) is 0 Å². The molecule has 3 heteroatoms. The monoisotopic (exact) mass is 234 g/mol. The molecule has 1 aliphatic carbocycles. The van der Waals surface area contributed by atoms with Crippen molar-refractivity contribution in [3.05, 3.63) is 23.8 Å². The number of rotatable bonds is 7. The highest BCUT2D eigenvalue weighted by Gasteiger charge is 2.20. The number of hydrogen-bond acceptors (Lipinski definition) is 3. The SMILES string of the molecule is Cc1ccc(N)cc1NCCCOCC1CC1. The molecule has 0 heterocycles. The van der Waals surface area contributed by atoms with E-state index in [1.54, 1.807) is 0 Å². The van der Waals surface area contributed by atoms with Crippen LogP contribution in [0.5, 0.6) is 0 Å². The molecule has 3 N–H and O–H groups in total. The van der Waals surface area contributed by atoms with Gasteiger partial charge < -0.3 is 15.8 Å². The molecule has 17 heavy (non-hydrogen) atoms. The van der Waals surface area contributed by atoms with Crippen molar-refractivity contribution < 1.29 is 4.74 Å². The second-order valence-electron chi connectivity index (χ2n) is 4.87. The quantitative estimate of drug-likeness (QED) is 0.563. The van der Waals surface area contributed by atoms with Gasteiger partial charge in [-0.05, 0) is 49.8 Å². The van der Waals surface area contributed by atoms with E-state index in [0.29, 0.717) is 0 Å². The van der Waals surface area contributed by atoms with Gasteiger partial charge in [-0.1, -0.05) is 6.07 Å². The van der Waals surface area contributed by atoms with E-state index < -0.39 is 0 Å². The van der Waals surface area contributed by atoms with Crippen LogP contribution in [0.1, 0.15) is 24.8 Å². The van der Waals surface area contributed by atoms with E-state index in [9.17, 15) is 0 Å². The van der Waals surface area contributed by atoms with Gasteiger partial charge >= 0.3 is 0 Å². The maximum atomic E-state index is 5.75. The molecule has 1 aromatic carbocycles. The molecule has 0 bridgehead atoms. The van der Waals surface area contributed by atoms with Crippen molar-refractivity contribution in [2.24, 2.45) is 5.92 Å². The van der Waals surface area contributed by atoms with Gasteiger partial charge in [0.2, 0.25) is 0 Å². The molecule has 0 atom stereocenters. The van der Waals surface area contributed by atoms with Crippen molar-refractivity contribution >= 4 is 11.4 Å². The number of nitrogens with one attached hydrogen (secondary N) is 1. The zero-order valence-electron chi connectivity index (χ0n) is 10.5. The van der Waals surface area contributed by atoms with Gasteiger partial charge in [-0.15, -0.1) is 0 Å². The van der Waals surface area contributed by atoms with Gasteiger partial charge in [0.1, 0.15) is 0 Å². The van der Waals surface area contributed by atoms with Crippen LogP contribution in [0.2, 0.25) is 0 Å². The lowest BCUT2D eigenvalue weighted by Crippen LogP contribution is -2.08. The number of nitrogens with two attached hydrogens (primary N) is 1. The summed E-state index contributed by atoms with van der Waals surface area (Å²) < 4.78 is 5.58. The lowest BCUT2D eigenvalue weighted by molar-refractivity contribution is 0.124. The molecule has 0 aliphatic heterocycles. The largest absolute Gasteiger partial charge is 0.399 e. The number of hydrogen-bond donors (Lipinski definition) is 2.